The third kappa shape index (κ3) is 4.25. The first kappa shape index (κ1) is 14.9. The third-order valence-electron chi connectivity index (χ3n) is 2.74. The Morgan fingerprint density at radius 3 is 2.57 bits per heavy atom. The molecule has 21 heavy (non-hydrogen) atoms. The van der Waals surface area contributed by atoms with Crippen molar-refractivity contribution in [1.29, 1.82) is 0 Å². The molecule has 6 heteroatoms. The van der Waals surface area contributed by atoms with Crippen molar-refractivity contribution in [2.45, 2.75) is 13.5 Å². The first-order valence-electron chi connectivity index (χ1n) is 6.29. The summed E-state index contributed by atoms with van der Waals surface area (Å²) in [6.45, 7) is 1.76. The number of nitrogens with one attached hydrogen (secondary N) is 2. The van der Waals surface area contributed by atoms with E-state index in [-0.39, 0.29) is 5.78 Å². The van der Waals surface area contributed by atoms with E-state index in [4.69, 9.17) is 0 Å². The average Bonchev–Trinajstić information content (AvgIpc) is 2.98. The molecule has 0 spiro atoms. The second-order valence-electron chi connectivity index (χ2n) is 4.35. The van der Waals surface area contributed by atoms with E-state index in [1.165, 1.54) is 24.3 Å². The number of hydrogen-bond acceptors (Lipinski definition) is 4. The summed E-state index contributed by atoms with van der Waals surface area (Å²) in [6, 6.07) is 10.2. The van der Waals surface area contributed by atoms with Crippen LogP contribution in [0.3, 0.4) is 0 Å². The summed E-state index contributed by atoms with van der Waals surface area (Å²) in [7, 11) is 0. The predicted octanol–water partition coefficient (Wildman–Crippen LogP) is 2.21. The van der Waals surface area contributed by atoms with Gasteiger partial charge in [-0.05, 0) is 30.5 Å². The molecule has 0 bridgehead atoms. The summed E-state index contributed by atoms with van der Waals surface area (Å²) in [6.07, 6.45) is 0. The molecule has 0 atom stereocenters. The zero-order valence-electron chi connectivity index (χ0n) is 11.4. The Bertz CT molecular complexity index is 665. The first-order valence-corrected chi connectivity index (χ1v) is 7.17. The lowest BCUT2D eigenvalue weighted by Crippen LogP contribution is -2.34. The van der Waals surface area contributed by atoms with Gasteiger partial charge in [-0.25, -0.2) is 0 Å². The zero-order chi connectivity index (χ0) is 15.2. The van der Waals surface area contributed by atoms with Crippen LogP contribution >= 0.6 is 11.3 Å². The van der Waals surface area contributed by atoms with Crippen LogP contribution in [0, 0.1) is 0 Å². The Kier molecular flexibility index (Phi) is 4.84. The van der Waals surface area contributed by atoms with Crippen molar-refractivity contribution < 1.29 is 14.4 Å². The Morgan fingerprint density at radius 1 is 1.10 bits per heavy atom. The SMILES string of the molecule is CC(=O)c1cccc(NC(=O)C(=O)NCc2cccs2)c1. The molecule has 0 unspecified atom stereocenters. The topological polar surface area (TPSA) is 75.3 Å². The van der Waals surface area contributed by atoms with E-state index in [0.29, 0.717) is 17.8 Å². The van der Waals surface area contributed by atoms with Crippen molar-refractivity contribution in [2.75, 3.05) is 5.32 Å². The van der Waals surface area contributed by atoms with Crippen LogP contribution in [-0.2, 0) is 16.1 Å². The minimum atomic E-state index is -0.757. The maximum atomic E-state index is 11.7. The quantitative estimate of drug-likeness (QED) is 0.671. The van der Waals surface area contributed by atoms with Gasteiger partial charge in [0.2, 0.25) is 0 Å². The maximum Gasteiger partial charge on any atom is 0.313 e. The predicted molar refractivity (Wildman–Crippen MR) is 81.2 cm³/mol. The first-order chi connectivity index (χ1) is 10.1. The van der Waals surface area contributed by atoms with Gasteiger partial charge in [0.1, 0.15) is 0 Å². The number of hydrogen-bond donors (Lipinski definition) is 2. The molecule has 0 aliphatic heterocycles. The van der Waals surface area contributed by atoms with Crippen molar-refractivity contribution >= 4 is 34.6 Å². The van der Waals surface area contributed by atoms with E-state index >= 15 is 0 Å². The van der Waals surface area contributed by atoms with Crippen LogP contribution in [0.1, 0.15) is 22.2 Å². The highest BCUT2D eigenvalue weighted by Gasteiger charge is 2.14. The molecule has 0 fully saturated rings. The van der Waals surface area contributed by atoms with Crippen molar-refractivity contribution in [3.8, 4) is 0 Å². The summed E-state index contributed by atoms with van der Waals surface area (Å²) in [4.78, 5) is 35.7. The van der Waals surface area contributed by atoms with Gasteiger partial charge in [-0.15, -0.1) is 11.3 Å². The Hall–Kier alpha value is -2.47. The average molecular weight is 302 g/mol. The summed E-state index contributed by atoms with van der Waals surface area (Å²) in [5.41, 5.74) is 0.894. The van der Waals surface area contributed by atoms with Crippen LogP contribution < -0.4 is 10.6 Å². The van der Waals surface area contributed by atoms with Crippen molar-refractivity contribution in [3.05, 3.63) is 52.2 Å². The second-order valence-corrected chi connectivity index (χ2v) is 5.39. The smallest absolute Gasteiger partial charge is 0.313 e. The molecule has 0 saturated carbocycles. The number of ketones is 1. The molecule has 0 radical (unpaired) electrons. The van der Waals surface area contributed by atoms with Crippen LogP contribution in [0.4, 0.5) is 5.69 Å². The molecule has 1 heterocycles. The Labute approximate surface area is 126 Å². The van der Waals surface area contributed by atoms with Gasteiger partial charge in [-0.3, -0.25) is 14.4 Å². The maximum absolute atomic E-state index is 11.7. The van der Waals surface area contributed by atoms with Crippen LogP contribution in [0.25, 0.3) is 0 Å². The summed E-state index contributed by atoms with van der Waals surface area (Å²) < 4.78 is 0. The molecule has 2 amide bonds. The van der Waals surface area contributed by atoms with Gasteiger partial charge in [0, 0.05) is 16.1 Å². The summed E-state index contributed by atoms with van der Waals surface area (Å²) >= 11 is 1.50. The van der Waals surface area contributed by atoms with Crippen LogP contribution in [0.5, 0.6) is 0 Å². The van der Waals surface area contributed by atoms with E-state index < -0.39 is 11.8 Å². The number of rotatable bonds is 4. The highest BCUT2D eigenvalue weighted by molar-refractivity contribution is 7.09. The molecular formula is C15H14N2O3S. The van der Waals surface area contributed by atoms with E-state index in [1.54, 1.807) is 18.2 Å². The normalized spacial score (nSPS) is 9.95. The van der Waals surface area contributed by atoms with E-state index in [9.17, 15) is 14.4 Å². The summed E-state index contributed by atoms with van der Waals surface area (Å²) in [5, 5.41) is 6.90. The number of Topliss-reactive ketones (excluding diaryl/α,β-unsaturated/α-hetero) is 1. The lowest BCUT2D eigenvalue weighted by atomic mass is 10.1. The molecule has 108 valence electrons. The van der Waals surface area contributed by atoms with Crippen molar-refractivity contribution in [3.63, 3.8) is 0 Å². The monoisotopic (exact) mass is 302 g/mol. The van der Waals surface area contributed by atoms with E-state index in [2.05, 4.69) is 10.6 Å². The molecular weight excluding hydrogens is 288 g/mol. The van der Waals surface area contributed by atoms with Gasteiger partial charge in [-0.1, -0.05) is 18.2 Å². The van der Waals surface area contributed by atoms with Crippen LogP contribution in [0.2, 0.25) is 0 Å². The molecule has 2 N–H and O–H groups in total. The molecule has 1 aromatic carbocycles. The van der Waals surface area contributed by atoms with Gasteiger partial charge in [0.05, 0.1) is 6.54 Å². The molecule has 0 aliphatic rings. The minimum Gasteiger partial charge on any atom is -0.343 e. The van der Waals surface area contributed by atoms with Crippen molar-refractivity contribution in [2.24, 2.45) is 0 Å². The molecule has 0 saturated heterocycles. The fourth-order valence-electron chi connectivity index (χ4n) is 1.66. The van der Waals surface area contributed by atoms with Gasteiger partial charge >= 0.3 is 11.8 Å². The largest absolute Gasteiger partial charge is 0.343 e. The number of benzene rings is 1. The van der Waals surface area contributed by atoms with Gasteiger partial charge in [0.25, 0.3) is 0 Å². The summed E-state index contributed by atoms with van der Waals surface area (Å²) in [5.74, 6) is -1.57. The zero-order valence-corrected chi connectivity index (χ0v) is 12.2. The minimum absolute atomic E-state index is 0.103. The van der Waals surface area contributed by atoms with Crippen LogP contribution in [0.15, 0.2) is 41.8 Å². The molecule has 2 rings (SSSR count). The second kappa shape index (κ2) is 6.81. The fourth-order valence-corrected chi connectivity index (χ4v) is 2.31. The van der Waals surface area contributed by atoms with E-state index in [0.717, 1.165) is 4.88 Å². The Morgan fingerprint density at radius 2 is 1.90 bits per heavy atom. The van der Waals surface area contributed by atoms with E-state index in [1.807, 2.05) is 17.5 Å². The van der Waals surface area contributed by atoms with Gasteiger partial charge in [0.15, 0.2) is 5.78 Å². The van der Waals surface area contributed by atoms with Gasteiger partial charge in [-0.2, -0.15) is 0 Å². The number of thiophene rings is 1. The number of anilines is 1. The third-order valence-corrected chi connectivity index (χ3v) is 3.61. The lowest BCUT2D eigenvalue weighted by Gasteiger charge is -2.06. The van der Waals surface area contributed by atoms with Crippen molar-refractivity contribution in [1.82, 2.24) is 5.32 Å². The van der Waals surface area contributed by atoms with Crippen LogP contribution in [-0.4, -0.2) is 17.6 Å². The number of carbonyl (C=O) groups excluding carboxylic acids is 3. The standard InChI is InChI=1S/C15H14N2O3S/c1-10(18)11-4-2-5-12(8-11)17-15(20)14(19)16-9-13-6-3-7-21-13/h2-8H,9H2,1H3,(H,16,19)(H,17,20). The highest BCUT2D eigenvalue weighted by atomic mass is 32.1. The Balaban J connectivity index is 1.92. The highest BCUT2D eigenvalue weighted by Crippen LogP contribution is 2.11. The lowest BCUT2D eigenvalue weighted by molar-refractivity contribution is -0.136. The molecule has 2 aromatic rings. The van der Waals surface area contributed by atoms with Gasteiger partial charge < -0.3 is 10.6 Å². The number of carbonyl (C=O) groups is 3. The number of amides is 2. The molecule has 1 aromatic heterocycles. The molecule has 5 nitrogen and oxygen atoms in total. The fraction of sp³-hybridized carbons (Fsp3) is 0.133. The molecule has 0 aliphatic carbocycles.